The number of H-pyrrole nitrogens is 1. The van der Waals surface area contributed by atoms with Crippen LogP contribution < -0.4 is 33.2 Å². The number of hydrogen-bond donors (Lipinski definition) is 4. The molecule has 2 aromatic heterocycles. The molecule has 0 atom stereocenters. The summed E-state index contributed by atoms with van der Waals surface area (Å²) in [6, 6.07) is 9.74. The van der Waals surface area contributed by atoms with Crippen LogP contribution in [0.25, 0.3) is 11.1 Å². The van der Waals surface area contributed by atoms with E-state index in [0.717, 1.165) is 6.07 Å². The van der Waals surface area contributed by atoms with E-state index in [1.165, 1.54) is 28.9 Å². The fraction of sp³-hybridized carbons (Fsp3) is 0.105. The number of aromatic nitrogens is 2. The van der Waals surface area contributed by atoms with E-state index in [9.17, 15) is 22.8 Å². The fourth-order valence-corrected chi connectivity index (χ4v) is 2.80. The summed E-state index contributed by atoms with van der Waals surface area (Å²) in [6.45, 7) is 0.126. The Morgan fingerprint density at radius 3 is 2.42 bits per heavy atom. The van der Waals surface area contributed by atoms with E-state index in [-0.39, 0.29) is 12.2 Å². The molecule has 0 radical (unpaired) electrons. The number of nitrogen functional groups attached to an aromatic ring is 1. The highest BCUT2D eigenvalue weighted by molar-refractivity contribution is 5.94. The third-order valence-corrected chi connectivity index (χ3v) is 4.32. The summed E-state index contributed by atoms with van der Waals surface area (Å²) in [5, 5.41) is 3.52. The molecule has 0 bridgehead atoms. The second kappa shape index (κ2) is 8.26. The number of nitrogens with two attached hydrogens (primary N) is 3. The Balaban J connectivity index is 1.90. The smallest absolute Gasteiger partial charge is 0.431 e. The van der Waals surface area contributed by atoms with Crippen molar-refractivity contribution in [3.63, 3.8) is 0 Å². The SMILES string of the molecule is N/N=c1/cc(COc2ccc(-c3cc(C(N)=O)c(=O)[nH]c3C(F)(F)F)cc2)ccn1N. The van der Waals surface area contributed by atoms with Gasteiger partial charge in [0.05, 0.1) is 0 Å². The van der Waals surface area contributed by atoms with Crippen molar-refractivity contribution in [3.05, 3.63) is 81.3 Å². The van der Waals surface area contributed by atoms with Crippen LogP contribution in [0.4, 0.5) is 13.2 Å². The van der Waals surface area contributed by atoms with E-state index < -0.39 is 34.5 Å². The van der Waals surface area contributed by atoms with Gasteiger partial charge in [-0.3, -0.25) is 14.3 Å². The number of primary amides is 1. The Hall–Kier alpha value is -4.22. The van der Waals surface area contributed by atoms with Crippen molar-refractivity contribution >= 4 is 5.91 Å². The van der Waals surface area contributed by atoms with Crippen LogP contribution in [0, 0.1) is 0 Å². The minimum absolute atomic E-state index is 0.103. The second-order valence-electron chi connectivity index (χ2n) is 6.41. The number of carbonyl (C=O) groups excluding carboxylic acids is 1. The van der Waals surface area contributed by atoms with Crippen LogP contribution >= 0.6 is 0 Å². The predicted molar refractivity (Wildman–Crippen MR) is 105 cm³/mol. The molecule has 0 saturated heterocycles. The maximum atomic E-state index is 13.4. The lowest BCUT2D eigenvalue weighted by Crippen LogP contribution is -2.28. The van der Waals surface area contributed by atoms with Crippen LogP contribution in [0.3, 0.4) is 0 Å². The van der Waals surface area contributed by atoms with Gasteiger partial charge in [0, 0.05) is 11.8 Å². The lowest BCUT2D eigenvalue weighted by atomic mass is 10.0. The molecule has 162 valence electrons. The van der Waals surface area contributed by atoms with Gasteiger partial charge in [0.15, 0.2) is 5.49 Å². The van der Waals surface area contributed by atoms with E-state index in [0.29, 0.717) is 16.8 Å². The largest absolute Gasteiger partial charge is 0.489 e. The molecule has 3 aromatic rings. The molecule has 0 aliphatic carbocycles. The first kappa shape index (κ1) is 21.5. The van der Waals surface area contributed by atoms with Crippen LogP contribution in [-0.4, -0.2) is 15.6 Å². The number of aromatic amines is 1. The van der Waals surface area contributed by atoms with Crippen LogP contribution in [0.2, 0.25) is 0 Å². The number of halogens is 3. The maximum Gasteiger partial charge on any atom is 0.431 e. The highest BCUT2D eigenvalue weighted by Crippen LogP contribution is 2.35. The summed E-state index contributed by atoms with van der Waals surface area (Å²) < 4.78 is 47.0. The molecule has 0 fully saturated rings. The first-order chi connectivity index (χ1) is 14.6. The van der Waals surface area contributed by atoms with Crippen molar-refractivity contribution in [2.45, 2.75) is 12.8 Å². The number of benzene rings is 1. The normalized spacial score (nSPS) is 12.0. The van der Waals surface area contributed by atoms with Crippen molar-refractivity contribution in [2.75, 3.05) is 5.84 Å². The Labute approximate surface area is 172 Å². The Morgan fingerprint density at radius 1 is 1.16 bits per heavy atom. The number of ether oxygens (including phenoxy) is 1. The Bertz CT molecular complexity index is 1250. The molecule has 0 spiro atoms. The molecular formula is C19H17F3N6O3. The molecule has 1 aromatic carbocycles. The van der Waals surface area contributed by atoms with Crippen molar-refractivity contribution in [1.82, 2.24) is 9.66 Å². The molecular weight excluding hydrogens is 417 g/mol. The fourth-order valence-electron chi connectivity index (χ4n) is 2.80. The van der Waals surface area contributed by atoms with Gasteiger partial charge in [-0.05, 0) is 41.5 Å². The average molecular weight is 434 g/mol. The summed E-state index contributed by atoms with van der Waals surface area (Å²) in [5.41, 5.74) is 2.75. The highest BCUT2D eigenvalue weighted by Gasteiger charge is 2.36. The number of nitrogens with zero attached hydrogens (tertiary/aromatic N) is 2. The summed E-state index contributed by atoms with van der Waals surface area (Å²) in [6.07, 6.45) is -3.31. The summed E-state index contributed by atoms with van der Waals surface area (Å²) in [5.74, 6) is 10.1. The van der Waals surface area contributed by atoms with Gasteiger partial charge in [-0.2, -0.15) is 18.3 Å². The number of pyridine rings is 2. The highest BCUT2D eigenvalue weighted by atomic mass is 19.4. The quantitative estimate of drug-likeness (QED) is 0.349. The molecule has 0 unspecified atom stereocenters. The van der Waals surface area contributed by atoms with Gasteiger partial charge in [-0.1, -0.05) is 12.1 Å². The minimum Gasteiger partial charge on any atom is -0.489 e. The molecule has 31 heavy (non-hydrogen) atoms. The van der Waals surface area contributed by atoms with Gasteiger partial charge in [0.2, 0.25) is 0 Å². The van der Waals surface area contributed by atoms with Gasteiger partial charge >= 0.3 is 6.18 Å². The number of nitrogens with one attached hydrogen (secondary N) is 1. The van der Waals surface area contributed by atoms with Gasteiger partial charge in [0.25, 0.3) is 11.5 Å². The summed E-state index contributed by atoms with van der Waals surface area (Å²) in [4.78, 5) is 24.8. The number of amides is 1. The number of alkyl halides is 3. The van der Waals surface area contributed by atoms with Gasteiger partial charge in [0.1, 0.15) is 23.6 Å². The van der Waals surface area contributed by atoms with Gasteiger partial charge in [-0.25, -0.2) is 0 Å². The second-order valence-corrected chi connectivity index (χ2v) is 6.41. The zero-order valence-electron chi connectivity index (χ0n) is 15.8. The van der Waals surface area contributed by atoms with Gasteiger partial charge < -0.3 is 27.1 Å². The van der Waals surface area contributed by atoms with E-state index >= 15 is 0 Å². The first-order valence-electron chi connectivity index (χ1n) is 8.68. The molecule has 9 nitrogen and oxygen atoms in total. The van der Waals surface area contributed by atoms with Crippen LogP contribution in [0.1, 0.15) is 21.6 Å². The van der Waals surface area contributed by atoms with E-state index in [1.54, 1.807) is 23.3 Å². The standard InChI is InChI=1S/C19H17F3N6O3/c20-19(21,22)16-13(8-14(17(23)29)18(30)26-16)11-1-3-12(4-2-11)31-9-10-5-6-28(25)15(7-10)27-24/h1-8H,9,24-25H2,(H2,23,29)(H,26,30)/b27-15-. The Morgan fingerprint density at radius 2 is 1.84 bits per heavy atom. The topological polar surface area (TPSA) is 155 Å². The van der Waals surface area contributed by atoms with E-state index in [1.807, 2.05) is 0 Å². The molecule has 0 aliphatic heterocycles. The van der Waals surface area contributed by atoms with E-state index in [2.05, 4.69) is 5.10 Å². The Kier molecular flexibility index (Phi) is 5.72. The monoisotopic (exact) mass is 434 g/mol. The number of carbonyl (C=O) groups is 1. The maximum absolute atomic E-state index is 13.4. The molecule has 0 aliphatic rings. The summed E-state index contributed by atoms with van der Waals surface area (Å²) >= 11 is 0. The lowest BCUT2D eigenvalue weighted by Gasteiger charge is -2.14. The minimum atomic E-state index is -4.85. The zero-order chi connectivity index (χ0) is 22.8. The number of rotatable bonds is 5. The molecule has 3 rings (SSSR count). The molecule has 0 saturated carbocycles. The average Bonchev–Trinajstić information content (AvgIpc) is 2.72. The van der Waals surface area contributed by atoms with Gasteiger partial charge in [-0.15, -0.1) is 0 Å². The van der Waals surface area contributed by atoms with Crippen LogP contribution in [0.5, 0.6) is 5.75 Å². The lowest BCUT2D eigenvalue weighted by molar-refractivity contribution is -0.140. The van der Waals surface area contributed by atoms with Crippen molar-refractivity contribution < 1.29 is 22.7 Å². The summed E-state index contributed by atoms with van der Waals surface area (Å²) in [7, 11) is 0. The first-order valence-corrected chi connectivity index (χ1v) is 8.68. The third-order valence-electron chi connectivity index (χ3n) is 4.32. The molecule has 1 amide bonds. The molecule has 12 heteroatoms. The third kappa shape index (κ3) is 4.69. The molecule has 7 N–H and O–H groups in total. The number of hydrogen-bond acceptors (Lipinski definition) is 6. The van der Waals surface area contributed by atoms with E-state index in [4.69, 9.17) is 22.2 Å². The van der Waals surface area contributed by atoms with Crippen LogP contribution in [-0.2, 0) is 12.8 Å². The molecule has 2 heterocycles. The van der Waals surface area contributed by atoms with Crippen LogP contribution in [0.15, 0.2) is 58.6 Å². The predicted octanol–water partition coefficient (Wildman–Crippen LogP) is 1.03. The van der Waals surface area contributed by atoms with Crippen molar-refractivity contribution in [2.24, 2.45) is 16.7 Å². The van der Waals surface area contributed by atoms with Crippen molar-refractivity contribution in [1.29, 1.82) is 0 Å². The zero-order valence-corrected chi connectivity index (χ0v) is 15.8. The van der Waals surface area contributed by atoms with Crippen molar-refractivity contribution in [3.8, 4) is 16.9 Å².